The first-order chi connectivity index (χ1) is 13.6. The fourth-order valence-corrected chi connectivity index (χ4v) is 3.86. The van der Waals surface area contributed by atoms with Crippen molar-refractivity contribution in [3.05, 3.63) is 0 Å². The quantitative estimate of drug-likeness (QED) is 0.295. The third-order valence-corrected chi connectivity index (χ3v) is 5.55. The number of carbonyl (C=O) groups excluding carboxylic acids is 4. The van der Waals surface area contributed by atoms with E-state index >= 15 is 0 Å². The predicted octanol–water partition coefficient (Wildman–Crippen LogP) is -2.97. The first kappa shape index (κ1) is 23.0. The number of nitrogens with two attached hydrogens (primary N) is 2. The van der Waals surface area contributed by atoms with Gasteiger partial charge in [0.1, 0.15) is 24.2 Å². The van der Waals surface area contributed by atoms with Crippen LogP contribution in [0.3, 0.4) is 0 Å². The van der Waals surface area contributed by atoms with Gasteiger partial charge in [0.25, 0.3) is 0 Å². The van der Waals surface area contributed by atoms with Crippen LogP contribution in [0.1, 0.15) is 39.5 Å². The number of nitrogens with one attached hydrogen (secondary N) is 1. The van der Waals surface area contributed by atoms with Crippen molar-refractivity contribution in [2.24, 2.45) is 11.5 Å². The Bertz CT molecular complexity index is 655. The molecule has 0 saturated carbocycles. The van der Waals surface area contributed by atoms with Crippen LogP contribution in [0.2, 0.25) is 0 Å². The summed E-state index contributed by atoms with van der Waals surface area (Å²) in [5.74, 6) is -2.31. The van der Waals surface area contributed by atoms with Crippen LogP contribution in [-0.4, -0.2) is 93.1 Å². The Morgan fingerprint density at radius 2 is 1.52 bits per heavy atom. The lowest BCUT2D eigenvalue weighted by atomic mass is 10.1. The van der Waals surface area contributed by atoms with E-state index < -0.39 is 54.1 Å². The summed E-state index contributed by atoms with van der Waals surface area (Å²) < 4.78 is 0. The van der Waals surface area contributed by atoms with E-state index in [2.05, 4.69) is 5.32 Å². The van der Waals surface area contributed by atoms with Gasteiger partial charge in [0, 0.05) is 13.1 Å². The second-order valence-corrected chi connectivity index (χ2v) is 7.77. The maximum atomic E-state index is 13.1. The van der Waals surface area contributed by atoms with E-state index in [1.807, 2.05) is 0 Å². The second-order valence-electron chi connectivity index (χ2n) is 7.77. The SMILES string of the molecule is CC(O)[C@H](NC(=O)C1CCCN1C(=O)[C@H]1CCCN1C(=O)C(N)[C@@H](C)O)C(N)=O. The molecule has 6 atom stereocenters. The number of carbonyl (C=O) groups is 4. The molecule has 2 heterocycles. The summed E-state index contributed by atoms with van der Waals surface area (Å²) in [7, 11) is 0. The van der Waals surface area contributed by atoms with Crippen molar-refractivity contribution in [3.8, 4) is 0 Å². The van der Waals surface area contributed by atoms with Crippen molar-refractivity contribution < 1.29 is 29.4 Å². The third kappa shape index (κ3) is 5.03. The molecule has 29 heavy (non-hydrogen) atoms. The minimum Gasteiger partial charge on any atom is -0.391 e. The van der Waals surface area contributed by atoms with Crippen molar-refractivity contribution in [2.75, 3.05) is 13.1 Å². The summed E-state index contributed by atoms with van der Waals surface area (Å²) >= 11 is 0. The highest BCUT2D eigenvalue weighted by molar-refractivity contribution is 5.95. The van der Waals surface area contributed by atoms with Gasteiger partial charge >= 0.3 is 0 Å². The fourth-order valence-electron chi connectivity index (χ4n) is 3.86. The maximum absolute atomic E-state index is 13.1. The summed E-state index contributed by atoms with van der Waals surface area (Å²) in [5, 5.41) is 21.6. The number of rotatable bonds is 7. The first-order valence-corrected chi connectivity index (χ1v) is 9.88. The molecule has 0 radical (unpaired) electrons. The molecule has 0 aromatic heterocycles. The van der Waals surface area contributed by atoms with Gasteiger partial charge in [0.05, 0.1) is 12.2 Å². The molecule has 11 heteroatoms. The molecule has 0 aromatic rings. The molecule has 0 aliphatic carbocycles. The van der Waals surface area contributed by atoms with E-state index in [-0.39, 0.29) is 5.91 Å². The third-order valence-electron chi connectivity index (χ3n) is 5.55. The van der Waals surface area contributed by atoms with Crippen LogP contribution in [0.4, 0.5) is 0 Å². The summed E-state index contributed by atoms with van der Waals surface area (Å²) in [4.78, 5) is 52.5. The first-order valence-electron chi connectivity index (χ1n) is 9.88. The average molecular weight is 413 g/mol. The van der Waals surface area contributed by atoms with Crippen LogP contribution in [-0.2, 0) is 19.2 Å². The van der Waals surface area contributed by atoms with Gasteiger partial charge < -0.3 is 36.8 Å². The van der Waals surface area contributed by atoms with Crippen LogP contribution in [0.5, 0.6) is 0 Å². The van der Waals surface area contributed by atoms with Crippen LogP contribution in [0, 0.1) is 0 Å². The Hall–Kier alpha value is -2.24. The number of amides is 4. The second kappa shape index (κ2) is 9.51. The average Bonchev–Trinajstić information content (AvgIpc) is 3.32. The minimum absolute atomic E-state index is 0.341. The monoisotopic (exact) mass is 413 g/mol. The highest BCUT2D eigenvalue weighted by Crippen LogP contribution is 2.25. The molecule has 2 rings (SSSR count). The van der Waals surface area contributed by atoms with E-state index in [1.54, 1.807) is 0 Å². The zero-order valence-electron chi connectivity index (χ0n) is 16.8. The Kier molecular flexibility index (Phi) is 7.55. The molecule has 0 aromatic carbocycles. The van der Waals surface area contributed by atoms with Gasteiger partial charge in [-0.15, -0.1) is 0 Å². The summed E-state index contributed by atoms with van der Waals surface area (Å²) in [6, 6.07) is -3.94. The molecule has 2 fully saturated rings. The Labute approximate surface area is 169 Å². The number of aliphatic hydroxyl groups excluding tert-OH is 2. The van der Waals surface area contributed by atoms with Crippen molar-refractivity contribution >= 4 is 23.6 Å². The van der Waals surface area contributed by atoms with Crippen LogP contribution in [0.25, 0.3) is 0 Å². The molecule has 2 aliphatic heterocycles. The zero-order valence-corrected chi connectivity index (χ0v) is 16.8. The molecular weight excluding hydrogens is 382 g/mol. The molecule has 2 aliphatic rings. The van der Waals surface area contributed by atoms with Crippen molar-refractivity contribution in [3.63, 3.8) is 0 Å². The molecule has 3 unspecified atom stereocenters. The number of hydrogen-bond acceptors (Lipinski definition) is 7. The summed E-state index contributed by atoms with van der Waals surface area (Å²) in [5.41, 5.74) is 11.0. The smallest absolute Gasteiger partial charge is 0.246 e. The van der Waals surface area contributed by atoms with Gasteiger partial charge in [-0.3, -0.25) is 19.2 Å². The van der Waals surface area contributed by atoms with Crippen LogP contribution < -0.4 is 16.8 Å². The van der Waals surface area contributed by atoms with Crippen LogP contribution in [0.15, 0.2) is 0 Å². The van der Waals surface area contributed by atoms with Crippen molar-refractivity contribution in [2.45, 2.75) is 75.9 Å². The number of hydrogen-bond donors (Lipinski definition) is 5. The lowest BCUT2D eigenvalue weighted by Gasteiger charge is -2.33. The van der Waals surface area contributed by atoms with Crippen LogP contribution >= 0.6 is 0 Å². The molecular formula is C18H31N5O6. The zero-order chi connectivity index (χ0) is 21.9. The van der Waals surface area contributed by atoms with Gasteiger partial charge in [0.2, 0.25) is 23.6 Å². The normalized spacial score (nSPS) is 26.0. The van der Waals surface area contributed by atoms with E-state index in [0.29, 0.717) is 38.8 Å². The largest absolute Gasteiger partial charge is 0.391 e. The van der Waals surface area contributed by atoms with Gasteiger partial charge in [-0.05, 0) is 39.5 Å². The summed E-state index contributed by atoms with van der Waals surface area (Å²) in [6.45, 7) is 3.44. The Morgan fingerprint density at radius 3 is 2.03 bits per heavy atom. The Balaban J connectivity index is 2.11. The minimum atomic E-state index is -1.26. The Morgan fingerprint density at radius 1 is 0.966 bits per heavy atom. The van der Waals surface area contributed by atoms with Gasteiger partial charge in [-0.25, -0.2) is 0 Å². The van der Waals surface area contributed by atoms with E-state index in [0.717, 1.165) is 0 Å². The lowest BCUT2D eigenvalue weighted by molar-refractivity contribution is -0.148. The van der Waals surface area contributed by atoms with Gasteiger partial charge in [-0.2, -0.15) is 0 Å². The molecule has 11 nitrogen and oxygen atoms in total. The van der Waals surface area contributed by atoms with Crippen molar-refractivity contribution in [1.82, 2.24) is 15.1 Å². The van der Waals surface area contributed by atoms with E-state index in [4.69, 9.17) is 11.5 Å². The molecule has 0 spiro atoms. The lowest BCUT2D eigenvalue weighted by Crippen LogP contribution is -2.58. The van der Waals surface area contributed by atoms with Gasteiger partial charge in [-0.1, -0.05) is 0 Å². The number of primary amides is 1. The number of likely N-dealkylation sites (tertiary alicyclic amines) is 2. The van der Waals surface area contributed by atoms with E-state index in [9.17, 15) is 29.4 Å². The fraction of sp³-hybridized carbons (Fsp3) is 0.778. The summed E-state index contributed by atoms with van der Waals surface area (Å²) in [6.07, 6.45) is -0.170. The molecule has 4 amide bonds. The van der Waals surface area contributed by atoms with Gasteiger partial charge in [0.15, 0.2) is 0 Å². The molecule has 164 valence electrons. The molecule has 0 bridgehead atoms. The topological polar surface area (TPSA) is 179 Å². The number of nitrogens with zero attached hydrogens (tertiary/aromatic N) is 2. The van der Waals surface area contributed by atoms with Crippen molar-refractivity contribution in [1.29, 1.82) is 0 Å². The maximum Gasteiger partial charge on any atom is 0.246 e. The highest BCUT2D eigenvalue weighted by atomic mass is 16.3. The van der Waals surface area contributed by atoms with E-state index in [1.165, 1.54) is 23.6 Å². The highest BCUT2D eigenvalue weighted by Gasteiger charge is 2.43. The molecule has 7 N–H and O–H groups in total. The molecule has 2 saturated heterocycles. The number of aliphatic hydroxyl groups is 2. The standard InChI is InChI=1S/C18H31N5O6/c1-9(24)13(19)18(29)23-8-4-6-12(23)17(28)22-7-3-5-11(22)16(27)21-14(10(2)25)15(20)26/h9-14,24-25H,3-8,19H2,1-2H3,(H2,20,26)(H,21,27)/t9-,10?,11?,12-,13?,14+/m1/s1. The predicted molar refractivity (Wildman–Crippen MR) is 102 cm³/mol.